The second-order valence-electron chi connectivity index (χ2n) is 8.87. The summed E-state index contributed by atoms with van der Waals surface area (Å²) in [5.74, 6) is -0.146. The number of carboxylic acid groups (broad SMARTS) is 1. The monoisotopic (exact) mass is 793 g/mol. The van der Waals surface area contributed by atoms with Crippen molar-refractivity contribution in [1.82, 2.24) is 19.5 Å². The molecule has 0 bridgehead atoms. The van der Waals surface area contributed by atoms with E-state index < -0.39 is 24.5 Å². The maximum Gasteiger partial charge on any atom is 2.00 e. The molecule has 1 saturated heterocycles. The molecule has 4 aromatic rings. The summed E-state index contributed by atoms with van der Waals surface area (Å²) in [5, 5.41) is 12.4. The van der Waals surface area contributed by atoms with E-state index in [1.165, 1.54) is 12.4 Å². The Balaban J connectivity index is 0.00000405. The Labute approximate surface area is 266 Å². The Morgan fingerprint density at radius 3 is 2.69 bits per heavy atom. The number of guanidine groups is 1. The van der Waals surface area contributed by atoms with Gasteiger partial charge >= 0.3 is 37.1 Å². The van der Waals surface area contributed by atoms with E-state index in [9.17, 15) is 9.90 Å². The molecule has 1 fully saturated rings. The Morgan fingerprint density at radius 2 is 1.90 bits per heavy atom. The first-order valence-corrected chi connectivity index (χ1v) is 12.9. The molecule has 13 heteroatoms. The van der Waals surface area contributed by atoms with E-state index in [2.05, 4.69) is 25.3 Å². The van der Waals surface area contributed by atoms with E-state index in [0.717, 1.165) is 5.56 Å². The summed E-state index contributed by atoms with van der Waals surface area (Å²) in [4.78, 5) is 28.7. The molecule has 2 aromatic carbocycles. The number of imidazole rings is 1. The molecule has 12 nitrogen and oxygen atoms in total. The van der Waals surface area contributed by atoms with Crippen LogP contribution in [0.1, 0.15) is 22.8 Å². The number of carbonyl (C=O) groups is 1. The van der Waals surface area contributed by atoms with Gasteiger partial charge in [-0.25, -0.2) is 9.78 Å². The molecule has 0 amide bonds. The van der Waals surface area contributed by atoms with Gasteiger partial charge in [0.05, 0.1) is 11.2 Å². The third-order valence-corrected chi connectivity index (χ3v) is 6.08. The minimum Gasteiger partial charge on any atom is -0.524 e. The molecule has 5 rings (SSSR count). The van der Waals surface area contributed by atoms with Gasteiger partial charge in [0.25, 0.3) is 0 Å². The first kappa shape index (κ1) is 31.1. The quantitative estimate of drug-likeness (QED) is 0.117. The first-order chi connectivity index (χ1) is 20.0. The molecule has 1 aliphatic heterocycles. The van der Waals surface area contributed by atoms with Crippen LogP contribution in [0.25, 0.3) is 17.2 Å². The topological polar surface area (TPSA) is 159 Å². The average molecular weight is 794 g/mol. The maximum atomic E-state index is 11.5. The predicted octanol–water partition coefficient (Wildman–Crippen LogP) is 3.39. The number of benzene rings is 2. The first-order valence-electron chi connectivity index (χ1n) is 12.9. The summed E-state index contributed by atoms with van der Waals surface area (Å²) >= 11 is 0. The van der Waals surface area contributed by atoms with E-state index in [-0.39, 0.29) is 55.0 Å². The number of fused-ring (bicyclic) bond motifs is 1. The van der Waals surface area contributed by atoms with Gasteiger partial charge in [-0.2, -0.15) is 0 Å². The Hall–Kier alpha value is -3.89. The van der Waals surface area contributed by atoms with Crippen molar-refractivity contribution in [3.05, 3.63) is 97.4 Å². The fourth-order valence-electron chi connectivity index (χ4n) is 4.19. The molecule has 0 aliphatic carbocycles. The van der Waals surface area contributed by atoms with Crippen LogP contribution >= 0.6 is 0 Å². The Morgan fingerprint density at radius 1 is 1.14 bits per heavy atom. The van der Waals surface area contributed by atoms with Gasteiger partial charge < -0.3 is 39.9 Å². The number of ether oxygens (including phenoxy) is 3. The number of carboxylic acids is 1. The van der Waals surface area contributed by atoms with Crippen LogP contribution in [-0.4, -0.2) is 68.2 Å². The van der Waals surface area contributed by atoms with Crippen LogP contribution in [0.2, 0.25) is 0 Å². The minimum absolute atomic E-state index is 0. The van der Waals surface area contributed by atoms with Gasteiger partial charge in [-0.15, -0.1) is 0 Å². The number of hydrogen-bond acceptors (Lipinski definition) is 8. The molecule has 0 saturated carbocycles. The van der Waals surface area contributed by atoms with E-state index >= 15 is 0 Å². The number of aromatic nitrogens is 4. The normalized spacial score (nSPS) is 18.6. The van der Waals surface area contributed by atoms with Gasteiger partial charge in [0.2, 0.25) is 0 Å². The van der Waals surface area contributed by atoms with Crippen LogP contribution in [0, 0.1) is 44.1 Å². The van der Waals surface area contributed by atoms with Gasteiger partial charge in [0.15, 0.2) is 12.2 Å². The number of nitrogens with two attached hydrogens (primary N) is 1. The second kappa shape index (κ2) is 14.8. The van der Waals surface area contributed by atoms with Crippen LogP contribution in [0.15, 0.2) is 78.3 Å². The Bertz CT molecular complexity index is 1550. The van der Waals surface area contributed by atoms with Crippen molar-refractivity contribution in [2.45, 2.75) is 25.4 Å². The van der Waals surface area contributed by atoms with Crippen molar-refractivity contribution in [3.63, 3.8) is 0 Å². The molecule has 0 radical (unpaired) electrons. The van der Waals surface area contributed by atoms with Crippen molar-refractivity contribution < 1.29 is 55.2 Å². The molecular weight excluding hydrogens is 764 g/mol. The number of aromatic carboxylic acids is 1. The fraction of sp³-hybridized carbons (Fsp3) is 0.207. The molecule has 214 valence electrons. The number of aliphatic imine (C=N–C) groups is 1. The standard InChI is InChI=1S/C29H29N7O5.U/c1-2-31-29(30)35-26-25-27(33-17-32-26)36(18-34-25)16-23-22(14-15-39-21-11-7-6-10-20(21)28(37)38)40-24(41-23)13-12-19-8-4-3-5-9-19;/h3-14,16-18,22-24H,2,15H2,1H3,(H,37,38)(H3,30,31,32,33,35);/q-2;+2/b13-12+;/t22?,23?,24-;/m0./s1. The van der Waals surface area contributed by atoms with Gasteiger partial charge in [0.1, 0.15) is 23.5 Å². The van der Waals surface area contributed by atoms with Gasteiger partial charge in [-0.05, 0) is 49.7 Å². The third-order valence-electron chi connectivity index (χ3n) is 6.08. The molecular formula is C29H29N7O5U. The van der Waals surface area contributed by atoms with Crippen LogP contribution in [0.5, 0.6) is 5.75 Å². The third kappa shape index (κ3) is 7.69. The molecule has 2 unspecified atom stereocenters. The number of anilines is 1. The molecule has 42 heavy (non-hydrogen) atoms. The van der Waals surface area contributed by atoms with Crippen LogP contribution in [0.3, 0.4) is 0 Å². The minimum atomic E-state index is -1.07. The molecule has 4 N–H and O–H groups in total. The number of nitrogens with zero attached hydrogens (tertiary/aromatic N) is 5. The summed E-state index contributed by atoms with van der Waals surface area (Å²) in [6.07, 6.45) is 6.83. The SMILES string of the molecule is CCN=C(N)Nc1ncnc2c1ncn2[CH-]C1O[C@@H](/C=C/c2ccccc2)OC1[CH-]COc1ccccc1C(=O)O.[U+2]. The van der Waals surface area contributed by atoms with Crippen LogP contribution < -0.4 is 15.8 Å². The van der Waals surface area contributed by atoms with Crippen LogP contribution in [-0.2, 0) is 9.47 Å². The molecule has 3 atom stereocenters. The average Bonchev–Trinajstić information content (AvgIpc) is 3.57. The molecule has 2 aromatic heterocycles. The van der Waals surface area contributed by atoms with Crippen molar-refractivity contribution >= 4 is 35.0 Å². The summed E-state index contributed by atoms with van der Waals surface area (Å²) < 4.78 is 19.9. The number of nitrogens with one attached hydrogen (secondary N) is 1. The number of rotatable bonds is 11. The number of para-hydroxylation sites is 1. The number of hydrogen-bond donors (Lipinski definition) is 3. The van der Waals surface area contributed by atoms with Gasteiger partial charge in [-0.1, -0.05) is 55.1 Å². The van der Waals surface area contributed by atoms with Crippen molar-refractivity contribution in [3.8, 4) is 5.75 Å². The maximum absolute atomic E-state index is 11.5. The van der Waals surface area contributed by atoms with Crippen molar-refractivity contribution in [1.29, 1.82) is 0 Å². The molecule has 3 heterocycles. The summed E-state index contributed by atoms with van der Waals surface area (Å²) in [5.41, 5.74) is 8.03. The van der Waals surface area contributed by atoms with E-state index in [0.29, 0.717) is 23.5 Å². The van der Waals surface area contributed by atoms with E-state index in [4.69, 9.17) is 19.9 Å². The van der Waals surface area contributed by atoms with Crippen molar-refractivity contribution in [2.24, 2.45) is 10.7 Å². The molecule has 1 aliphatic rings. The summed E-state index contributed by atoms with van der Waals surface area (Å²) in [6.45, 7) is 4.30. The predicted molar refractivity (Wildman–Crippen MR) is 153 cm³/mol. The Kier molecular flexibility index (Phi) is 11.0. The zero-order valence-electron chi connectivity index (χ0n) is 22.7. The zero-order chi connectivity index (χ0) is 28.6. The van der Waals surface area contributed by atoms with Gasteiger partial charge in [0, 0.05) is 12.6 Å². The summed E-state index contributed by atoms with van der Waals surface area (Å²) in [6, 6.07) is 16.3. The molecule has 0 spiro atoms. The summed E-state index contributed by atoms with van der Waals surface area (Å²) in [7, 11) is 0. The fourth-order valence-corrected chi connectivity index (χ4v) is 4.19. The van der Waals surface area contributed by atoms with Gasteiger partial charge in [-0.3, -0.25) is 16.4 Å². The van der Waals surface area contributed by atoms with Crippen LogP contribution in [0.4, 0.5) is 5.82 Å². The zero-order valence-corrected chi connectivity index (χ0v) is 26.9. The largest absolute Gasteiger partial charge is 2.00 e. The van der Waals surface area contributed by atoms with E-state index in [1.807, 2.05) is 49.4 Å². The second-order valence-corrected chi connectivity index (χ2v) is 8.87. The van der Waals surface area contributed by atoms with Crippen molar-refractivity contribution in [2.75, 3.05) is 18.5 Å². The van der Waals surface area contributed by atoms with E-state index in [1.54, 1.807) is 42.1 Å². The smallest absolute Gasteiger partial charge is 0.524 e.